The fourth-order valence-electron chi connectivity index (χ4n) is 3.41. The van der Waals surface area contributed by atoms with E-state index in [0.29, 0.717) is 21.5 Å². The summed E-state index contributed by atoms with van der Waals surface area (Å²) in [7, 11) is 0. The molecule has 0 radical (unpaired) electrons. The average molecular weight is 463 g/mol. The fraction of sp³-hybridized carbons (Fsp3) is 0.130. The minimum atomic E-state index is -0.165. The quantitative estimate of drug-likeness (QED) is 0.370. The summed E-state index contributed by atoms with van der Waals surface area (Å²) in [6.45, 7) is 4.19. The number of para-hydroxylation sites is 1. The van der Waals surface area contributed by atoms with Crippen LogP contribution in [-0.2, 0) is 4.79 Å². The Morgan fingerprint density at radius 2 is 1.91 bits per heavy atom. The van der Waals surface area contributed by atoms with Gasteiger partial charge in [-0.15, -0.1) is 10.2 Å². The first kappa shape index (κ1) is 20.5. The van der Waals surface area contributed by atoms with Gasteiger partial charge in [0.2, 0.25) is 5.91 Å². The van der Waals surface area contributed by atoms with E-state index in [1.807, 2.05) is 35.0 Å². The smallest absolute Gasteiger partial charge is 0.234 e. The van der Waals surface area contributed by atoms with Crippen LogP contribution in [0.3, 0.4) is 0 Å². The van der Waals surface area contributed by atoms with Gasteiger partial charge < -0.3 is 5.32 Å². The Morgan fingerprint density at radius 1 is 1.06 bits per heavy atom. The van der Waals surface area contributed by atoms with E-state index in [1.165, 1.54) is 22.9 Å². The summed E-state index contributed by atoms with van der Waals surface area (Å²) in [5.41, 5.74) is 6.52. The Morgan fingerprint density at radius 3 is 2.72 bits per heavy atom. The van der Waals surface area contributed by atoms with Crippen LogP contribution in [0.25, 0.3) is 22.4 Å². The number of anilines is 1. The third-order valence-electron chi connectivity index (χ3n) is 5.27. The third kappa shape index (κ3) is 3.83. The van der Waals surface area contributed by atoms with E-state index in [1.54, 1.807) is 16.6 Å². The molecule has 0 spiro atoms. The molecule has 0 fully saturated rings. The Balaban J connectivity index is 1.39. The lowest BCUT2D eigenvalue weighted by Gasteiger charge is -2.06. The first-order chi connectivity index (χ1) is 15.5. The maximum absolute atomic E-state index is 12.4. The van der Waals surface area contributed by atoms with Crippen LogP contribution >= 0.6 is 23.4 Å². The number of carbonyl (C=O) groups is 1. The summed E-state index contributed by atoms with van der Waals surface area (Å²) >= 11 is 7.42. The number of fused-ring (bicyclic) bond motifs is 3. The Bertz CT molecular complexity index is 1470. The highest BCUT2D eigenvalue weighted by Gasteiger charge is 2.15. The molecule has 0 aliphatic carbocycles. The molecule has 0 bridgehead atoms. The van der Waals surface area contributed by atoms with E-state index < -0.39 is 0 Å². The number of aryl methyl sites for hydroxylation is 2. The molecular formula is C23H19ClN6OS. The summed E-state index contributed by atoms with van der Waals surface area (Å²) in [4.78, 5) is 12.4. The van der Waals surface area contributed by atoms with Crippen molar-refractivity contribution < 1.29 is 4.79 Å². The lowest BCUT2D eigenvalue weighted by atomic mass is 10.0. The van der Waals surface area contributed by atoms with Gasteiger partial charge >= 0.3 is 0 Å². The lowest BCUT2D eigenvalue weighted by Crippen LogP contribution is -2.14. The molecule has 7 nitrogen and oxygen atoms in total. The molecule has 1 amide bonds. The molecule has 160 valence electrons. The van der Waals surface area contributed by atoms with Crippen molar-refractivity contribution >= 4 is 46.1 Å². The van der Waals surface area contributed by atoms with Gasteiger partial charge in [0.05, 0.1) is 22.2 Å². The monoisotopic (exact) mass is 462 g/mol. The normalized spacial score (nSPS) is 11.3. The highest BCUT2D eigenvalue weighted by molar-refractivity contribution is 7.99. The highest BCUT2D eigenvalue weighted by atomic mass is 35.5. The van der Waals surface area contributed by atoms with Crippen molar-refractivity contribution in [2.75, 3.05) is 11.1 Å². The van der Waals surface area contributed by atoms with Crippen LogP contribution in [0.4, 0.5) is 5.69 Å². The second-order valence-electron chi connectivity index (χ2n) is 7.45. The number of nitrogens with one attached hydrogen (secondary N) is 1. The average Bonchev–Trinajstić information content (AvgIpc) is 3.39. The highest BCUT2D eigenvalue weighted by Crippen LogP contribution is 2.26. The number of rotatable bonds is 5. The Hall–Kier alpha value is -3.36. The van der Waals surface area contributed by atoms with Gasteiger partial charge in [-0.05, 0) is 49.2 Å². The van der Waals surface area contributed by atoms with Crippen LogP contribution < -0.4 is 5.32 Å². The zero-order valence-electron chi connectivity index (χ0n) is 17.4. The van der Waals surface area contributed by atoms with Crippen LogP contribution in [0.15, 0.2) is 66.1 Å². The van der Waals surface area contributed by atoms with Crippen molar-refractivity contribution in [3.8, 4) is 11.3 Å². The van der Waals surface area contributed by atoms with Gasteiger partial charge in [-0.2, -0.15) is 5.10 Å². The molecule has 3 heterocycles. The van der Waals surface area contributed by atoms with Gasteiger partial charge in [-0.3, -0.25) is 9.20 Å². The number of hydrogen-bond acceptors (Lipinski definition) is 5. The zero-order chi connectivity index (χ0) is 22.2. The molecule has 9 heteroatoms. The minimum Gasteiger partial charge on any atom is -0.324 e. The third-order valence-corrected chi connectivity index (χ3v) is 6.54. The van der Waals surface area contributed by atoms with Crippen LogP contribution in [0.5, 0.6) is 0 Å². The predicted octanol–water partition coefficient (Wildman–Crippen LogP) is 5.05. The maximum atomic E-state index is 12.4. The number of benzene rings is 2. The topological polar surface area (TPSA) is 76.6 Å². The number of aromatic nitrogens is 5. The number of halogens is 1. The molecule has 0 atom stereocenters. The van der Waals surface area contributed by atoms with Crippen molar-refractivity contribution in [3.63, 3.8) is 0 Å². The minimum absolute atomic E-state index is 0.165. The number of thioether (sulfide) groups is 1. The summed E-state index contributed by atoms with van der Waals surface area (Å²) < 4.78 is 3.67. The number of hydrogen-bond donors (Lipinski definition) is 1. The van der Waals surface area contributed by atoms with E-state index in [2.05, 4.69) is 47.6 Å². The SMILES string of the molecule is Cc1ccc(-c2cc3c4nnc(SCC(=O)Nc5ccccc5Cl)n4ccn3n2)cc1C. The first-order valence-corrected chi connectivity index (χ1v) is 11.3. The molecule has 0 aliphatic rings. The van der Waals surface area contributed by atoms with Crippen LogP contribution in [0.1, 0.15) is 11.1 Å². The Kier molecular flexibility index (Phi) is 5.32. The van der Waals surface area contributed by atoms with Gasteiger partial charge in [0.1, 0.15) is 5.52 Å². The maximum Gasteiger partial charge on any atom is 0.234 e. The van der Waals surface area contributed by atoms with Gasteiger partial charge in [-0.25, -0.2) is 4.52 Å². The molecule has 0 unspecified atom stereocenters. The molecular weight excluding hydrogens is 444 g/mol. The van der Waals surface area contributed by atoms with Crippen LogP contribution in [-0.4, -0.2) is 35.9 Å². The summed E-state index contributed by atoms with van der Waals surface area (Å²) in [6, 6.07) is 15.5. The van der Waals surface area contributed by atoms with Gasteiger partial charge in [-0.1, -0.05) is 47.6 Å². The molecule has 32 heavy (non-hydrogen) atoms. The molecule has 2 aromatic carbocycles. The van der Waals surface area contributed by atoms with Crippen LogP contribution in [0, 0.1) is 13.8 Å². The van der Waals surface area contributed by atoms with Crippen molar-refractivity contribution in [3.05, 3.63) is 77.1 Å². The molecule has 5 aromatic rings. The van der Waals surface area contributed by atoms with Gasteiger partial charge in [0, 0.05) is 18.0 Å². The van der Waals surface area contributed by atoms with E-state index in [0.717, 1.165) is 16.8 Å². The molecule has 1 N–H and O–H groups in total. The van der Waals surface area contributed by atoms with Crippen molar-refractivity contribution in [1.29, 1.82) is 0 Å². The standard InChI is InChI=1S/C23H19ClN6OS/c1-14-7-8-16(11-15(14)2)19-12-20-22-26-27-23(29(22)9-10-30(20)28-19)32-13-21(31)25-18-6-4-3-5-17(18)24/h3-12H,13H2,1-2H3,(H,25,31). The number of nitrogens with zero attached hydrogens (tertiary/aromatic N) is 5. The summed E-state index contributed by atoms with van der Waals surface area (Å²) in [6.07, 6.45) is 3.72. The van der Waals surface area contributed by atoms with Gasteiger partial charge in [0.15, 0.2) is 10.8 Å². The molecule has 5 rings (SSSR count). The zero-order valence-corrected chi connectivity index (χ0v) is 19.0. The molecule has 0 aliphatic heterocycles. The molecule has 0 saturated heterocycles. The summed E-state index contributed by atoms with van der Waals surface area (Å²) in [5, 5.41) is 17.3. The lowest BCUT2D eigenvalue weighted by molar-refractivity contribution is -0.113. The van der Waals surface area contributed by atoms with Crippen LogP contribution in [0.2, 0.25) is 5.02 Å². The number of amides is 1. The second-order valence-corrected chi connectivity index (χ2v) is 8.80. The van der Waals surface area contributed by atoms with Crippen molar-refractivity contribution in [2.45, 2.75) is 19.0 Å². The van der Waals surface area contributed by atoms with E-state index in [9.17, 15) is 4.79 Å². The van der Waals surface area contributed by atoms with E-state index in [4.69, 9.17) is 16.7 Å². The van der Waals surface area contributed by atoms with Crippen molar-refractivity contribution in [1.82, 2.24) is 24.2 Å². The summed E-state index contributed by atoms with van der Waals surface area (Å²) in [5.74, 6) is 0.0203. The van der Waals surface area contributed by atoms with Gasteiger partial charge in [0.25, 0.3) is 0 Å². The first-order valence-electron chi connectivity index (χ1n) is 9.97. The fourth-order valence-corrected chi connectivity index (χ4v) is 4.31. The predicted molar refractivity (Wildman–Crippen MR) is 127 cm³/mol. The van der Waals surface area contributed by atoms with Crippen molar-refractivity contribution in [2.24, 2.45) is 0 Å². The largest absolute Gasteiger partial charge is 0.324 e. The Labute approximate surface area is 193 Å². The van der Waals surface area contributed by atoms with E-state index in [-0.39, 0.29) is 11.7 Å². The number of carbonyl (C=O) groups excluding carboxylic acids is 1. The molecule has 3 aromatic heterocycles. The molecule has 0 saturated carbocycles. The second kappa shape index (κ2) is 8.29. The van der Waals surface area contributed by atoms with E-state index >= 15 is 0 Å².